The number of hydrogen-bond donors (Lipinski definition) is 1. The number of amides is 1. The lowest BCUT2D eigenvalue weighted by Gasteiger charge is -2.24. The van der Waals surface area contributed by atoms with Gasteiger partial charge in [-0.05, 0) is 46.5 Å². The third-order valence-corrected chi connectivity index (χ3v) is 5.44. The smallest absolute Gasteiger partial charge is 0.330 e. The standard InChI is InChI=1S/C22H21BrN4O3/c23-17-8-10-20(27(29)14-17)25-22(28)19-7-4-12-26(19)18-9-11-21(24-13-18)30-15-16-5-2-1-3-6-16/h1-3,5-6,8-11,13-14,19H,4,7,12,15H2,(H,25,28)/t19-/m0/s1. The molecule has 0 aliphatic carbocycles. The maximum absolute atomic E-state index is 12.8. The van der Waals surface area contributed by atoms with Gasteiger partial charge in [0.25, 0.3) is 5.82 Å². The number of carbonyl (C=O) groups is 1. The van der Waals surface area contributed by atoms with Crippen molar-refractivity contribution < 1.29 is 14.3 Å². The predicted octanol–water partition coefficient (Wildman–Crippen LogP) is 3.66. The summed E-state index contributed by atoms with van der Waals surface area (Å²) in [5, 5.41) is 14.7. The van der Waals surface area contributed by atoms with Crippen molar-refractivity contribution in [2.24, 2.45) is 0 Å². The Balaban J connectivity index is 1.40. The van der Waals surface area contributed by atoms with Crippen LogP contribution in [-0.4, -0.2) is 23.5 Å². The van der Waals surface area contributed by atoms with Gasteiger partial charge in [-0.25, -0.2) is 19.8 Å². The van der Waals surface area contributed by atoms with Crippen LogP contribution in [-0.2, 0) is 11.4 Å². The third-order valence-electron chi connectivity index (χ3n) is 4.97. The lowest BCUT2D eigenvalue weighted by atomic mass is 10.2. The minimum absolute atomic E-state index is 0.205. The van der Waals surface area contributed by atoms with Crippen molar-refractivity contribution in [2.45, 2.75) is 25.5 Å². The summed E-state index contributed by atoms with van der Waals surface area (Å²) < 4.78 is 7.03. The molecule has 3 aromatic rings. The van der Waals surface area contributed by atoms with Crippen molar-refractivity contribution in [3.05, 3.63) is 82.2 Å². The first-order chi connectivity index (χ1) is 14.6. The monoisotopic (exact) mass is 468 g/mol. The van der Waals surface area contributed by atoms with Crippen molar-refractivity contribution in [3.8, 4) is 5.88 Å². The number of rotatable bonds is 6. The molecule has 1 aromatic carbocycles. The summed E-state index contributed by atoms with van der Waals surface area (Å²) in [7, 11) is 0. The van der Waals surface area contributed by atoms with Gasteiger partial charge in [0.1, 0.15) is 18.8 Å². The Labute approximate surface area is 183 Å². The highest BCUT2D eigenvalue weighted by Crippen LogP contribution is 2.27. The fraction of sp³-hybridized carbons (Fsp3) is 0.227. The topological polar surface area (TPSA) is 81.4 Å². The molecule has 1 N–H and O–H groups in total. The average Bonchev–Trinajstić information content (AvgIpc) is 3.25. The van der Waals surface area contributed by atoms with Crippen molar-refractivity contribution in [1.29, 1.82) is 0 Å². The van der Waals surface area contributed by atoms with Gasteiger partial charge in [-0.2, -0.15) is 0 Å². The molecule has 1 saturated heterocycles. The van der Waals surface area contributed by atoms with Gasteiger partial charge in [0.15, 0.2) is 0 Å². The molecule has 0 radical (unpaired) electrons. The van der Waals surface area contributed by atoms with E-state index >= 15 is 0 Å². The molecule has 8 heteroatoms. The van der Waals surface area contributed by atoms with Crippen molar-refractivity contribution in [1.82, 2.24) is 4.98 Å². The Morgan fingerprint density at radius 1 is 1.23 bits per heavy atom. The van der Waals surface area contributed by atoms with Crippen LogP contribution in [0.15, 0.2) is 71.5 Å². The number of carbonyl (C=O) groups excluding carboxylic acids is 1. The minimum Gasteiger partial charge on any atom is -0.711 e. The zero-order valence-electron chi connectivity index (χ0n) is 16.2. The fourth-order valence-electron chi connectivity index (χ4n) is 3.47. The molecule has 154 valence electrons. The highest BCUT2D eigenvalue weighted by atomic mass is 79.9. The number of aromatic nitrogens is 2. The predicted molar refractivity (Wildman–Crippen MR) is 117 cm³/mol. The average molecular weight is 469 g/mol. The molecule has 1 atom stereocenters. The molecular formula is C22H21BrN4O3. The first kappa shape index (κ1) is 20.2. The SMILES string of the molecule is O=C(Nc1ccc(Br)c[n+]1[O-])[C@@H]1CCCN1c1ccc(OCc2ccccc2)nc1. The number of halogens is 1. The molecule has 1 amide bonds. The molecule has 7 nitrogen and oxygen atoms in total. The van der Waals surface area contributed by atoms with Crippen LogP contribution in [0.25, 0.3) is 0 Å². The number of benzene rings is 1. The van der Waals surface area contributed by atoms with Crippen LogP contribution in [0.2, 0.25) is 0 Å². The molecule has 1 aliphatic heterocycles. The van der Waals surface area contributed by atoms with Gasteiger partial charge in [-0.15, -0.1) is 0 Å². The normalized spacial score (nSPS) is 15.8. The summed E-state index contributed by atoms with van der Waals surface area (Å²) in [4.78, 5) is 19.2. The number of pyridine rings is 2. The van der Waals surface area contributed by atoms with Gasteiger partial charge in [-0.1, -0.05) is 30.3 Å². The third kappa shape index (κ3) is 4.71. The van der Waals surface area contributed by atoms with Crippen LogP contribution in [0.5, 0.6) is 5.88 Å². The van der Waals surface area contributed by atoms with Crippen LogP contribution >= 0.6 is 15.9 Å². The first-order valence-corrected chi connectivity index (χ1v) is 10.5. The molecule has 0 unspecified atom stereocenters. The van der Waals surface area contributed by atoms with E-state index in [1.165, 1.54) is 6.20 Å². The molecule has 3 heterocycles. The van der Waals surface area contributed by atoms with Crippen LogP contribution in [0.3, 0.4) is 0 Å². The zero-order valence-corrected chi connectivity index (χ0v) is 17.8. The summed E-state index contributed by atoms with van der Waals surface area (Å²) in [6.45, 7) is 1.20. The van der Waals surface area contributed by atoms with E-state index in [9.17, 15) is 10.0 Å². The van der Waals surface area contributed by atoms with Crippen LogP contribution < -0.4 is 19.7 Å². The molecule has 0 saturated carbocycles. The molecule has 2 aromatic heterocycles. The number of nitrogens with one attached hydrogen (secondary N) is 1. The summed E-state index contributed by atoms with van der Waals surface area (Å²) in [5.74, 6) is 0.534. The van der Waals surface area contributed by atoms with E-state index in [4.69, 9.17) is 4.74 Å². The van der Waals surface area contributed by atoms with Gasteiger partial charge in [0.2, 0.25) is 5.88 Å². The second kappa shape index (κ2) is 9.13. The Morgan fingerprint density at radius 3 is 2.80 bits per heavy atom. The van der Waals surface area contributed by atoms with Gasteiger partial charge < -0.3 is 14.8 Å². The van der Waals surface area contributed by atoms with E-state index < -0.39 is 0 Å². The zero-order chi connectivity index (χ0) is 20.9. The summed E-state index contributed by atoms with van der Waals surface area (Å²) in [5.41, 5.74) is 1.92. The molecular weight excluding hydrogens is 448 g/mol. The molecule has 0 spiro atoms. The Bertz CT molecular complexity index is 1010. The molecule has 4 rings (SSSR count). The van der Waals surface area contributed by atoms with Crippen LogP contribution in [0.4, 0.5) is 11.5 Å². The maximum Gasteiger partial charge on any atom is 0.330 e. The highest BCUT2D eigenvalue weighted by Gasteiger charge is 2.34. The molecule has 1 fully saturated rings. The van der Waals surface area contributed by atoms with E-state index in [0.29, 0.717) is 28.1 Å². The number of anilines is 2. The highest BCUT2D eigenvalue weighted by molar-refractivity contribution is 9.10. The number of ether oxygens (including phenoxy) is 1. The van der Waals surface area contributed by atoms with E-state index in [1.807, 2.05) is 47.4 Å². The van der Waals surface area contributed by atoms with Crippen molar-refractivity contribution >= 4 is 33.3 Å². The Kier molecular flexibility index (Phi) is 6.13. The molecule has 1 aliphatic rings. The second-order valence-corrected chi connectivity index (χ2v) is 7.94. The largest absolute Gasteiger partial charge is 0.711 e. The summed E-state index contributed by atoms with van der Waals surface area (Å²) in [6.07, 6.45) is 4.69. The van der Waals surface area contributed by atoms with Crippen molar-refractivity contribution in [3.63, 3.8) is 0 Å². The van der Waals surface area contributed by atoms with E-state index in [1.54, 1.807) is 18.3 Å². The lowest BCUT2D eigenvalue weighted by Crippen LogP contribution is -2.42. The number of nitrogens with zero attached hydrogens (tertiary/aromatic N) is 3. The lowest BCUT2D eigenvalue weighted by molar-refractivity contribution is -0.590. The summed E-state index contributed by atoms with van der Waals surface area (Å²) in [6, 6.07) is 16.6. The van der Waals surface area contributed by atoms with Crippen molar-refractivity contribution in [2.75, 3.05) is 16.8 Å². The quantitative estimate of drug-likeness (QED) is 0.440. The van der Waals surface area contributed by atoms with Gasteiger partial charge in [0.05, 0.1) is 16.4 Å². The second-order valence-electron chi connectivity index (χ2n) is 7.03. The molecule has 0 bridgehead atoms. The minimum atomic E-state index is -0.355. The Morgan fingerprint density at radius 2 is 2.07 bits per heavy atom. The fourth-order valence-corrected chi connectivity index (χ4v) is 3.79. The maximum atomic E-state index is 12.8. The van der Waals surface area contributed by atoms with Gasteiger partial charge >= 0.3 is 5.91 Å². The van der Waals surface area contributed by atoms with Gasteiger partial charge in [-0.3, -0.25) is 0 Å². The van der Waals surface area contributed by atoms with Crippen LogP contribution in [0, 0.1) is 5.21 Å². The molecule has 30 heavy (non-hydrogen) atoms. The Hall–Kier alpha value is -3.13. The van der Waals surface area contributed by atoms with Crippen LogP contribution in [0.1, 0.15) is 18.4 Å². The van der Waals surface area contributed by atoms with Gasteiger partial charge in [0, 0.05) is 18.7 Å². The van der Waals surface area contributed by atoms with E-state index in [0.717, 1.165) is 24.2 Å². The van der Waals surface area contributed by atoms with E-state index in [2.05, 4.69) is 26.2 Å². The number of hydrogen-bond acceptors (Lipinski definition) is 5. The first-order valence-electron chi connectivity index (χ1n) is 9.69. The summed E-state index contributed by atoms with van der Waals surface area (Å²) >= 11 is 3.24. The van der Waals surface area contributed by atoms with E-state index in [-0.39, 0.29) is 17.8 Å².